The highest BCUT2D eigenvalue weighted by Crippen LogP contribution is 2.22. The predicted octanol–water partition coefficient (Wildman–Crippen LogP) is 3.59. The maximum atomic E-state index is 4.10. The van der Waals surface area contributed by atoms with Gasteiger partial charge in [0.25, 0.3) is 0 Å². The van der Waals surface area contributed by atoms with Crippen molar-refractivity contribution in [1.29, 1.82) is 0 Å². The first-order chi connectivity index (χ1) is 7.88. The molecule has 0 saturated heterocycles. The van der Waals surface area contributed by atoms with Crippen LogP contribution >= 0.6 is 0 Å². The van der Waals surface area contributed by atoms with E-state index in [1.807, 2.05) is 26.1 Å². The van der Waals surface area contributed by atoms with E-state index in [0.29, 0.717) is 0 Å². The summed E-state index contributed by atoms with van der Waals surface area (Å²) < 4.78 is 0. The van der Waals surface area contributed by atoms with E-state index in [9.17, 15) is 0 Å². The molecule has 0 aliphatic carbocycles. The number of pyridine rings is 1. The van der Waals surface area contributed by atoms with Crippen molar-refractivity contribution < 1.29 is 0 Å². The first-order valence-electron chi connectivity index (χ1n) is 5.69. The van der Waals surface area contributed by atoms with Crippen LogP contribution in [0.1, 0.15) is 25.8 Å². The molecule has 0 saturated carbocycles. The first-order valence-corrected chi connectivity index (χ1v) is 5.69. The molecule has 1 aliphatic rings. The van der Waals surface area contributed by atoms with Gasteiger partial charge in [0.05, 0.1) is 0 Å². The quantitative estimate of drug-likeness (QED) is 0.670. The summed E-state index contributed by atoms with van der Waals surface area (Å²) in [6.07, 6.45) is 7.13. The van der Waals surface area contributed by atoms with Gasteiger partial charge in [-0.3, -0.25) is 4.98 Å². The standard InChI is InChI=1S/C10H12N2.C2H6.C2H4/c1-12-7-3-5-10(12)9-4-2-6-11-8-9;2*1-2/h2,4-6,8H,3,7H2,1H3;1-2H3;1-2H2. The van der Waals surface area contributed by atoms with E-state index in [2.05, 4.69) is 42.2 Å². The molecule has 0 aromatic carbocycles. The zero-order chi connectivity index (χ0) is 12.4. The normalized spacial score (nSPS) is 12.9. The van der Waals surface area contributed by atoms with Gasteiger partial charge in [-0.05, 0) is 18.6 Å². The Hall–Kier alpha value is -1.57. The van der Waals surface area contributed by atoms with Crippen LogP contribution in [0.4, 0.5) is 0 Å². The van der Waals surface area contributed by atoms with Crippen LogP contribution in [0.2, 0.25) is 0 Å². The third-order valence-corrected chi connectivity index (χ3v) is 2.17. The summed E-state index contributed by atoms with van der Waals surface area (Å²) in [6, 6.07) is 4.07. The second-order valence-corrected chi connectivity index (χ2v) is 3.04. The van der Waals surface area contributed by atoms with Gasteiger partial charge in [-0.1, -0.05) is 19.9 Å². The molecule has 0 bridgehead atoms. The number of hydrogen-bond acceptors (Lipinski definition) is 2. The van der Waals surface area contributed by atoms with Crippen LogP contribution < -0.4 is 0 Å². The average molecular weight is 218 g/mol. The van der Waals surface area contributed by atoms with E-state index in [-0.39, 0.29) is 0 Å². The zero-order valence-corrected chi connectivity index (χ0v) is 10.6. The fourth-order valence-electron chi connectivity index (χ4n) is 1.52. The molecule has 2 nitrogen and oxygen atoms in total. The van der Waals surface area contributed by atoms with Crippen molar-refractivity contribution in [1.82, 2.24) is 9.88 Å². The van der Waals surface area contributed by atoms with Crippen molar-refractivity contribution in [3.63, 3.8) is 0 Å². The Morgan fingerprint density at radius 1 is 1.31 bits per heavy atom. The van der Waals surface area contributed by atoms with Gasteiger partial charge in [0, 0.05) is 37.2 Å². The van der Waals surface area contributed by atoms with Crippen LogP contribution in [-0.4, -0.2) is 23.5 Å². The minimum Gasteiger partial charge on any atom is -0.374 e. The zero-order valence-electron chi connectivity index (χ0n) is 10.6. The second-order valence-electron chi connectivity index (χ2n) is 3.04. The van der Waals surface area contributed by atoms with Crippen LogP contribution in [0.15, 0.2) is 43.8 Å². The molecule has 0 unspecified atom stereocenters. The topological polar surface area (TPSA) is 16.1 Å². The molecular weight excluding hydrogens is 196 g/mol. The Labute approximate surface area is 99.3 Å². The van der Waals surface area contributed by atoms with Crippen molar-refractivity contribution in [2.45, 2.75) is 20.3 Å². The minimum atomic E-state index is 1.13. The van der Waals surface area contributed by atoms with E-state index in [1.165, 1.54) is 11.3 Å². The van der Waals surface area contributed by atoms with E-state index in [1.54, 1.807) is 6.20 Å². The Morgan fingerprint density at radius 2 is 2.00 bits per heavy atom. The van der Waals surface area contributed by atoms with Gasteiger partial charge in [-0.2, -0.15) is 0 Å². The van der Waals surface area contributed by atoms with E-state index in [4.69, 9.17) is 0 Å². The van der Waals surface area contributed by atoms with Gasteiger partial charge in [0.1, 0.15) is 0 Å². The molecule has 0 fully saturated rings. The summed E-state index contributed by atoms with van der Waals surface area (Å²) >= 11 is 0. The Balaban J connectivity index is 0.000000509. The van der Waals surface area contributed by atoms with Crippen molar-refractivity contribution in [2.75, 3.05) is 13.6 Å². The molecular formula is C14H22N2. The lowest BCUT2D eigenvalue weighted by Gasteiger charge is -2.15. The van der Waals surface area contributed by atoms with Crippen LogP contribution in [0.5, 0.6) is 0 Å². The highest BCUT2D eigenvalue weighted by molar-refractivity contribution is 5.64. The summed E-state index contributed by atoms with van der Waals surface area (Å²) in [5.74, 6) is 0. The van der Waals surface area contributed by atoms with E-state index < -0.39 is 0 Å². The minimum absolute atomic E-state index is 1.13. The Bertz CT molecular complexity index is 304. The number of rotatable bonds is 1. The second kappa shape index (κ2) is 8.72. The largest absolute Gasteiger partial charge is 0.374 e. The van der Waals surface area contributed by atoms with Gasteiger partial charge in [0.15, 0.2) is 0 Å². The van der Waals surface area contributed by atoms with Crippen molar-refractivity contribution in [3.05, 3.63) is 49.3 Å². The van der Waals surface area contributed by atoms with Crippen LogP contribution in [0, 0.1) is 0 Å². The first kappa shape index (κ1) is 14.4. The van der Waals surface area contributed by atoms with Crippen LogP contribution in [-0.2, 0) is 0 Å². The highest BCUT2D eigenvalue weighted by atomic mass is 15.1. The average Bonchev–Trinajstić information content (AvgIpc) is 2.82. The fraction of sp³-hybridized carbons (Fsp3) is 0.357. The van der Waals surface area contributed by atoms with Gasteiger partial charge in [-0.25, -0.2) is 0 Å². The van der Waals surface area contributed by atoms with E-state index in [0.717, 1.165) is 13.0 Å². The van der Waals surface area contributed by atoms with Gasteiger partial charge in [-0.15, -0.1) is 13.2 Å². The van der Waals surface area contributed by atoms with Crippen molar-refractivity contribution in [2.24, 2.45) is 0 Å². The lowest BCUT2D eigenvalue weighted by atomic mass is 10.2. The van der Waals surface area contributed by atoms with Crippen LogP contribution in [0.3, 0.4) is 0 Å². The lowest BCUT2D eigenvalue weighted by Crippen LogP contribution is -2.11. The monoisotopic (exact) mass is 218 g/mol. The number of nitrogens with zero attached hydrogens (tertiary/aromatic N) is 2. The molecule has 1 aliphatic heterocycles. The fourth-order valence-corrected chi connectivity index (χ4v) is 1.52. The van der Waals surface area contributed by atoms with Crippen LogP contribution in [0.25, 0.3) is 5.70 Å². The van der Waals surface area contributed by atoms with Gasteiger partial charge in [0.2, 0.25) is 0 Å². The predicted molar refractivity (Wildman–Crippen MR) is 72.1 cm³/mol. The third-order valence-electron chi connectivity index (χ3n) is 2.17. The maximum absolute atomic E-state index is 4.10. The van der Waals surface area contributed by atoms with Crippen molar-refractivity contribution in [3.8, 4) is 0 Å². The highest BCUT2D eigenvalue weighted by Gasteiger charge is 2.11. The Kier molecular flexibility index (Phi) is 7.86. The molecule has 16 heavy (non-hydrogen) atoms. The summed E-state index contributed by atoms with van der Waals surface area (Å²) in [5.41, 5.74) is 2.53. The summed E-state index contributed by atoms with van der Waals surface area (Å²) in [4.78, 5) is 6.36. The summed E-state index contributed by atoms with van der Waals surface area (Å²) in [5, 5.41) is 0. The number of hydrogen-bond donors (Lipinski definition) is 0. The molecule has 2 heteroatoms. The van der Waals surface area contributed by atoms with Crippen molar-refractivity contribution >= 4 is 5.70 Å². The molecule has 2 heterocycles. The molecule has 88 valence electrons. The third kappa shape index (κ3) is 3.89. The molecule has 1 aromatic rings. The Morgan fingerprint density at radius 3 is 2.44 bits per heavy atom. The number of aromatic nitrogens is 1. The molecule has 0 N–H and O–H groups in total. The smallest absolute Gasteiger partial charge is 0.0413 e. The van der Waals surface area contributed by atoms with Gasteiger partial charge < -0.3 is 4.90 Å². The molecule has 0 atom stereocenters. The maximum Gasteiger partial charge on any atom is 0.0413 e. The SMILES string of the molecule is C=C.CC.CN1CCC=C1c1cccnc1. The molecule has 0 radical (unpaired) electrons. The van der Waals surface area contributed by atoms with Gasteiger partial charge >= 0.3 is 0 Å². The lowest BCUT2D eigenvalue weighted by molar-refractivity contribution is 0.517. The molecule has 0 spiro atoms. The molecule has 1 aromatic heterocycles. The van der Waals surface area contributed by atoms with E-state index >= 15 is 0 Å². The molecule has 2 rings (SSSR count). The summed E-state index contributed by atoms with van der Waals surface area (Å²) in [6.45, 7) is 11.1. The summed E-state index contributed by atoms with van der Waals surface area (Å²) in [7, 11) is 2.12. The molecule has 0 amide bonds.